The van der Waals surface area contributed by atoms with Crippen LogP contribution in [0.2, 0.25) is 0 Å². The number of nitrogens with zero attached hydrogens (tertiary/aromatic N) is 2. The lowest BCUT2D eigenvalue weighted by Gasteiger charge is -2.27. The summed E-state index contributed by atoms with van der Waals surface area (Å²) in [6.45, 7) is 3.61. The number of methoxy groups -OCH3 is 1. The number of carbonyl (C=O) groups is 3. The summed E-state index contributed by atoms with van der Waals surface area (Å²) in [6.07, 6.45) is 0. The molecule has 0 aliphatic carbocycles. The molecule has 7 nitrogen and oxygen atoms in total. The lowest BCUT2D eigenvalue weighted by molar-refractivity contribution is -0.121. The van der Waals surface area contributed by atoms with Gasteiger partial charge in [0.25, 0.3) is 11.8 Å². The standard InChI is InChI=1S/C21H19N3O4S/c1-11(2)17(24-19(26)13-6-4-5-7-14(13)20(24)27)18(25)23-21-22-15-9-8-12(28-3)10-16(15)29-21/h4-11,17H,1-3H3,(H,22,23,25)/t17-/m1/s1. The van der Waals surface area contributed by atoms with Crippen molar-refractivity contribution in [3.8, 4) is 5.75 Å². The molecule has 3 aromatic rings. The molecule has 2 aromatic carbocycles. The summed E-state index contributed by atoms with van der Waals surface area (Å²) in [6, 6.07) is 11.1. The van der Waals surface area contributed by atoms with Crippen LogP contribution in [0.5, 0.6) is 5.75 Å². The average molecular weight is 409 g/mol. The van der Waals surface area contributed by atoms with E-state index in [1.165, 1.54) is 11.3 Å². The fraction of sp³-hybridized carbons (Fsp3) is 0.238. The number of carbonyl (C=O) groups excluding carboxylic acids is 3. The lowest BCUT2D eigenvalue weighted by atomic mass is 10.0. The number of nitrogens with one attached hydrogen (secondary N) is 1. The summed E-state index contributed by atoms with van der Waals surface area (Å²) in [5.74, 6) is -0.917. The smallest absolute Gasteiger partial charge is 0.262 e. The Morgan fingerprint density at radius 1 is 1.10 bits per heavy atom. The molecule has 1 aromatic heterocycles. The molecule has 0 saturated heterocycles. The van der Waals surface area contributed by atoms with Crippen LogP contribution in [0.3, 0.4) is 0 Å². The first-order valence-corrected chi connectivity index (χ1v) is 9.94. The van der Waals surface area contributed by atoms with E-state index in [2.05, 4.69) is 10.3 Å². The molecule has 1 atom stereocenters. The molecule has 4 rings (SSSR count). The van der Waals surface area contributed by atoms with Crippen molar-refractivity contribution < 1.29 is 19.1 Å². The van der Waals surface area contributed by atoms with E-state index in [1.807, 2.05) is 12.1 Å². The van der Waals surface area contributed by atoms with Gasteiger partial charge in [0.2, 0.25) is 5.91 Å². The van der Waals surface area contributed by atoms with Crippen molar-refractivity contribution in [2.75, 3.05) is 12.4 Å². The Morgan fingerprint density at radius 2 is 1.76 bits per heavy atom. The number of amides is 3. The molecule has 0 unspecified atom stereocenters. The monoisotopic (exact) mass is 409 g/mol. The third-order valence-corrected chi connectivity index (χ3v) is 5.76. The predicted octanol–water partition coefficient (Wildman–Crippen LogP) is 3.56. The lowest BCUT2D eigenvalue weighted by Crippen LogP contribution is -2.50. The van der Waals surface area contributed by atoms with E-state index in [-0.39, 0.29) is 5.92 Å². The summed E-state index contributed by atoms with van der Waals surface area (Å²) >= 11 is 1.30. The molecule has 1 aliphatic heterocycles. The van der Waals surface area contributed by atoms with Crippen molar-refractivity contribution in [3.05, 3.63) is 53.6 Å². The molecular weight excluding hydrogens is 390 g/mol. The van der Waals surface area contributed by atoms with Crippen molar-refractivity contribution in [2.24, 2.45) is 5.92 Å². The SMILES string of the molecule is COc1ccc2nc(NC(=O)[C@@H](C(C)C)N3C(=O)c4ccccc4C3=O)sc2c1. The molecule has 0 fully saturated rings. The van der Waals surface area contributed by atoms with Gasteiger partial charge in [0, 0.05) is 0 Å². The Hall–Kier alpha value is -3.26. The number of hydrogen-bond acceptors (Lipinski definition) is 6. The van der Waals surface area contributed by atoms with Gasteiger partial charge in [0.05, 0.1) is 28.5 Å². The number of aromatic nitrogens is 1. The zero-order valence-electron chi connectivity index (χ0n) is 16.1. The highest BCUT2D eigenvalue weighted by Gasteiger charge is 2.44. The Kier molecular flexibility index (Phi) is 4.79. The van der Waals surface area contributed by atoms with Gasteiger partial charge in [-0.1, -0.05) is 37.3 Å². The molecular formula is C21H19N3O4S. The van der Waals surface area contributed by atoms with Crippen LogP contribution >= 0.6 is 11.3 Å². The third-order valence-electron chi connectivity index (χ3n) is 4.83. The predicted molar refractivity (Wildman–Crippen MR) is 110 cm³/mol. The van der Waals surface area contributed by atoms with Crippen molar-refractivity contribution in [2.45, 2.75) is 19.9 Å². The first-order chi connectivity index (χ1) is 13.9. The largest absolute Gasteiger partial charge is 0.497 e. The first kappa shape index (κ1) is 19.1. The van der Waals surface area contributed by atoms with Gasteiger partial charge in [-0.05, 0) is 36.2 Å². The van der Waals surface area contributed by atoms with Crippen LogP contribution in [0.1, 0.15) is 34.6 Å². The maximum Gasteiger partial charge on any atom is 0.262 e. The fourth-order valence-corrected chi connectivity index (χ4v) is 4.34. The second-order valence-corrected chi connectivity index (χ2v) is 8.09. The van der Waals surface area contributed by atoms with E-state index in [0.29, 0.717) is 22.0 Å². The van der Waals surface area contributed by atoms with E-state index in [9.17, 15) is 14.4 Å². The second-order valence-electron chi connectivity index (χ2n) is 7.06. The number of ether oxygens (including phenoxy) is 1. The van der Waals surface area contributed by atoms with Gasteiger partial charge >= 0.3 is 0 Å². The van der Waals surface area contributed by atoms with Crippen molar-refractivity contribution in [1.29, 1.82) is 0 Å². The number of imide groups is 1. The first-order valence-electron chi connectivity index (χ1n) is 9.13. The number of thiazole rings is 1. The molecule has 29 heavy (non-hydrogen) atoms. The molecule has 0 radical (unpaired) electrons. The number of rotatable bonds is 5. The topological polar surface area (TPSA) is 88.6 Å². The minimum absolute atomic E-state index is 0.272. The van der Waals surface area contributed by atoms with E-state index in [0.717, 1.165) is 15.1 Å². The molecule has 8 heteroatoms. The van der Waals surface area contributed by atoms with Crippen LogP contribution in [0, 0.1) is 5.92 Å². The fourth-order valence-electron chi connectivity index (χ4n) is 3.44. The summed E-state index contributed by atoms with van der Waals surface area (Å²) in [5.41, 5.74) is 1.37. The van der Waals surface area contributed by atoms with Crippen LogP contribution in [0.15, 0.2) is 42.5 Å². The quantitative estimate of drug-likeness (QED) is 0.651. The molecule has 148 valence electrons. The Balaban J connectivity index is 1.62. The minimum Gasteiger partial charge on any atom is -0.497 e. The minimum atomic E-state index is -0.941. The highest BCUT2D eigenvalue weighted by atomic mass is 32.1. The molecule has 0 saturated carbocycles. The molecule has 1 N–H and O–H groups in total. The highest BCUT2D eigenvalue weighted by Crippen LogP contribution is 2.31. The van der Waals surface area contributed by atoms with E-state index >= 15 is 0 Å². The van der Waals surface area contributed by atoms with Gasteiger partial charge in [-0.2, -0.15) is 0 Å². The van der Waals surface area contributed by atoms with Gasteiger partial charge in [0.1, 0.15) is 11.8 Å². The maximum absolute atomic E-state index is 13.1. The Morgan fingerprint density at radius 3 is 2.34 bits per heavy atom. The second kappa shape index (κ2) is 7.29. The molecule has 2 heterocycles. The number of benzene rings is 2. The van der Waals surface area contributed by atoms with Gasteiger partial charge in [-0.3, -0.25) is 19.3 Å². The highest BCUT2D eigenvalue weighted by molar-refractivity contribution is 7.22. The average Bonchev–Trinajstić information content (AvgIpc) is 3.21. The van der Waals surface area contributed by atoms with Crippen molar-refractivity contribution in [3.63, 3.8) is 0 Å². The van der Waals surface area contributed by atoms with Crippen molar-refractivity contribution in [1.82, 2.24) is 9.88 Å². The van der Waals surface area contributed by atoms with Gasteiger partial charge in [-0.15, -0.1) is 0 Å². The van der Waals surface area contributed by atoms with Crippen LogP contribution < -0.4 is 10.1 Å². The zero-order chi connectivity index (χ0) is 20.7. The van der Waals surface area contributed by atoms with Gasteiger partial charge < -0.3 is 10.1 Å². The summed E-state index contributed by atoms with van der Waals surface area (Å²) < 4.78 is 6.08. The van der Waals surface area contributed by atoms with Gasteiger partial charge in [-0.25, -0.2) is 4.98 Å². The van der Waals surface area contributed by atoms with E-state index in [4.69, 9.17) is 4.74 Å². The number of hydrogen-bond donors (Lipinski definition) is 1. The Labute approximate surface area is 171 Å². The normalized spacial score (nSPS) is 14.4. The third kappa shape index (κ3) is 3.25. The Bertz CT molecular complexity index is 1100. The molecule has 0 spiro atoms. The summed E-state index contributed by atoms with van der Waals surface area (Å²) in [4.78, 5) is 44.2. The van der Waals surface area contributed by atoms with Crippen LogP contribution in [0.25, 0.3) is 10.2 Å². The van der Waals surface area contributed by atoms with Crippen LogP contribution in [-0.4, -0.2) is 40.8 Å². The maximum atomic E-state index is 13.1. The molecule has 3 amide bonds. The van der Waals surface area contributed by atoms with Crippen LogP contribution in [-0.2, 0) is 4.79 Å². The molecule has 1 aliphatic rings. The van der Waals surface area contributed by atoms with Crippen LogP contribution in [0.4, 0.5) is 5.13 Å². The summed E-state index contributed by atoms with van der Waals surface area (Å²) in [5, 5.41) is 3.18. The number of fused-ring (bicyclic) bond motifs is 2. The number of anilines is 1. The molecule has 0 bridgehead atoms. The van der Waals surface area contributed by atoms with E-state index in [1.54, 1.807) is 51.3 Å². The van der Waals surface area contributed by atoms with Crippen molar-refractivity contribution >= 4 is 44.4 Å². The summed E-state index contributed by atoms with van der Waals surface area (Å²) in [7, 11) is 1.58. The van der Waals surface area contributed by atoms with E-state index < -0.39 is 23.8 Å². The van der Waals surface area contributed by atoms with Gasteiger partial charge in [0.15, 0.2) is 5.13 Å². The zero-order valence-corrected chi connectivity index (χ0v) is 16.9.